The lowest BCUT2D eigenvalue weighted by Gasteiger charge is -1.93. The predicted molar refractivity (Wildman–Crippen MR) is 57.3 cm³/mol. The number of rotatable bonds is 1. The third-order valence-corrected chi connectivity index (χ3v) is 2.98. The van der Waals surface area contributed by atoms with Gasteiger partial charge in [0, 0.05) is 12.4 Å². The molecule has 2 heterocycles. The molecule has 1 atom stereocenters. The molecule has 1 aromatic rings. The van der Waals surface area contributed by atoms with Gasteiger partial charge < -0.3 is 10.3 Å². The van der Waals surface area contributed by atoms with Gasteiger partial charge in [-0.05, 0) is 17.7 Å². The Morgan fingerprint density at radius 3 is 3.00 bits per heavy atom. The molecule has 0 saturated carbocycles. The predicted octanol–water partition coefficient (Wildman–Crippen LogP) is 1.43. The summed E-state index contributed by atoms with van der Waals surface area (Å²) >= 11 is 5.57. The zero-order valence-electron chi connectivity index (χ0n) is 6.65. The standard InChI is InChI=1S/C8H8N2OS2/c11-7-6(13-8(12)10-7)3-5-1-2-9-4-5/h1-4,8-9,12H,(H,10,11)/b6-3-. The molecule has 2 rings (SSSR count). The largest absolute Gasteiger partial charge is 0.367 e. The maximum atomic E-state index is 11.3. The number of carbonyl (C=O) groups is 1. The number of hydrogen-bond donors (Lipinski definition) is 3. The Morgan fingerprint density at radius 2 is 2.46 bits per heavy atom. The van der Waals surface area contributed by atoms with E-state index in [2.05, 4.69) is 22.9 Å². The fourth-order valence-corrected chi connectivity index (χ4v) is 2.30. The second kappa shape index (κ2) is 3.51. The number of nitrogens with one attached hydrogen (secondary N) is 2. The Morgan fingerprint density at radius 1 is 1.62 bits per heavy atom. The minimum atomic E-state index is -0.113. The zero-order chi connectivity index (χ0) is 9.26. The van der Waals surface area contributed by atoms with Crippen molar-refractivity contribution in [2.45, 2.75) is 4.71 Å². The average Bonchev–Trinajstić information content (AvgIpc) is 2.63. The number of thiol groups is 1. The summed E-state index contributed by atoms with van der Waals surface area (Å²) in [7, 11) is 0. The van der Waals surface area contributed by atoms with Gasteiger partial charge in [-0.2, -0.15) is 0 Å². The molecule has 3 nitrogen and oxygen atoms in total. The van der Waals surface area contributed by atoms with E-state index in [1.54, 1.807) is 0 Å². The van der Waals surface area contributed by atoms with E-state index in [-0.39, 0.29) is 10.6 Å². The molecular weight excluding hydrogens is 204 g/mol. The number of H-pyrrole nitrogens is 1. The van der Waals surface area contributed by atoms with Crippen LogP contribution in [0.1, 0.15) is 5.56 Å². The fraction of sp³-hybridized carbons (Fsp3) is 0.125. The van der Waals surface area contributed by atoms with Gasteiger partial charge in [0.1, 0.15) is 4.71 Å². The van der Waals surface area contributed by atoms with Crippen molar-refractivity contribution in [3.63, 3.8) is 0 Å². The monoisotopic (exact) mass is 212 g/mol. The maximum absolute atomic E-state index is 11.3. The minimum absolute atomic E-state index is 0.0498. The Hall–Kier alpha value is -0.810. The van der Waals surface area contributed by atoms with Crippen LogP contribution in [-0.4, -0.2) is 15.6 Å². The van der Waals surface area contributed by atoms with Crippen LogP contribution >= 0.6 is 24.4 Å². The van der Waals surface area contributed by atoms with Crippen LogP contribution in [0.15, 0.2) is 23.4 Å². The molecule has 0 aliphatic carbocycles. The van der Waals surface area contributed by atoms with Crippen molar-refractivity contribution in [2.75, 3.05) is 0 Å². The maximum Gasteiger partial charge on any atom is 0.259 e. The van der Waals surface area contributed by atoms with Gasteiger partial charge >= 0.3 is 0 Å². The highest BCUT2D eigenvalue weighted by Crippen LogP contribution is 2.30. The summed E-state index contributed by atoms with van der Waals surface area (Å²) in [5.74, 6) is -0.0498. The molecule has 0 bridgehead atoms. The van der Waals surface area contributed by atoms with Crippen molar-refractivity contribution in [1.29, 1.82) is 0 Å². The summed E-state index contributed by atoms with van der Waals surface area (Å²) in [6.45, 7) is 0. The molecule has 1 aliphatic heterocycles. The van der Waals surface area contributed by atoms with Crippen LogP contribution in [-0.2, 0) is 4.79 Å². The number of thioether (sulfide) groups is 1. The van der Waals surface area contributed by atoms with Crippen molar-refractivity contribution in [3.05, 3.63) is 28.9 Å². The van der Waals surface area contributed by atoms with Gasteiger partial charge in [0.15, 0.2) is 0 Å². The van der Waals surface area contributed by atoms with Crippen LogP contribution in [0.2, 0.25) is 0 Å². The van der Waals surface area contributed by atoms with E-state index in [1.165, 1.54) is 11.8 Å². The van der Waals surface area contributed by atoms with E-state index in [4.69, 9.17) is 0 Å². The molecule has 1 amide bonds. The first-order valence-electron chi connectivity index (χ1n) is 3.76. The van der Waals surface area contributed by atoms with Gasteiger partial charge in [0.05, 0.1) is 4.91 Å². The van der Waals surface area contributed by atoms with Crippen LogP contribution in [0.5, 0.6) is 0 Å². The highest BCUT2D eigenvalue weighted by molar-refractivity contribution is 8.14. The topological polar surface area (TPSA) is 44.9 Å². The highest BCUT2D eigenvalue weighted by Gasteiger charge is 2.23. The summed E-state index contributed by atoms with van der Waals surface area (Å²) in [5.41, 5.74) is 1.00. The third kappa shape index (κ3) is 1.92. The van der Waals surface area contributed by atoms with E-state index in [9.17, 15) is 4.79 Å². The smallest absolute Gasteiger partial charge is 0.259 e. The van der Waals surface area contributed by atoms with E-state index in [0.29, 0.717) is 4.91 Å². The van der Waals surface area contributed by atoms with Crippen LogP contribution in [0, 0.1) is 0 Å². The molecule has 1 unspecified atom stereocenters. The number of amides is 1. The fourth-order valence-electron chi connectivity index (χ4n) is 1.06. The van der Waals surface area contributed by atoms with Crippen molar-refractivity contribution < 1.29 is 4.79 Å². The number of carbonyl (C=O) groups excluding carboxylic acids is 1. The van der Waals surface area contributed by atoms with E-state index in [1.807, 2.05) is 24.5 Å². The summed E-state index contributed by atoms with van der Waals surface area (Å²) in [5, 5.41) is 2.69. The summed E-state index contributed by atoms with van der Waals surface area (Å²) in [6.07, 6.45) is 5.50. The van der Waals surface area contributed by atoms with Crippen LogP contribution in [0.25, 0.3) is 6.08 Å². The second-order valence-corrected chi connectivity index (χ2v) is 4.61. The third-order valence-electron chi connectivity index (χ3n) is 1.64. The van der Waals surface area contributed by atoms with E-state index < -0.39 is 0 Å². The lowest BCUT2D eigenvalue weighted by molar-refractivity contribution is -0.116. The summed E-state index contributed by atoms with van der Waals surface area (Å²) in [6, 6.07) is 1.91. The molecule has 1 fully saturated rings. The highest BCUT2D eigenvalue weighted by atomic mass is 32.2. The zero-order valence-corrected chi connectivity index (χ0v) is 8.36. The van der Waals surface area contributed by atoms with Crippen molar-refractivity contribution in [3.8, 4) is 0 Å². The molecule has 13 heavy (non-hydrogen) atoms. The summed E-state index contributed by atoms with van der Waals surface area (Å²) < 4.78 is -0.113. The SMILES string of the molecule is O=C1NC(S)S/C1=C\c1cc[nH]c1. The van der Waals surface area contributed by atoms with Gasteiger partial charge in [-0.25, -0.2) is 0 Å². The first kappa shape index (κ1) is 8.77. The molecule has 1 aromatic heterocycles. The molecule has 1 aliphatic rings. The van der Waals surface area contributed by atoms with Crippen molar-refractivity contribution in [1.82, 2.24) is 10.3 Å². The molecule has 0 radical (unpaired) electrons. The van der Waals surface area contributed by atoms with Gasteiger partial charge in [-0.15, -0.1) is 12.6 Å². The molecule has 0 spiro atoms. The van der Waals surface area contributed by atoms with Gasteiger partial charge in [0.2, 0.25) is 0 Å². The van der Waals surface area contributed by atoms with Crippen molar-refractivity contribution in [2.24, 2.45) is 0 Å². The second-order valence-electron chi connectivity index (χ2n) is 2.60. The lowest BCUT2D eigenvalue weighted by atomic mass is 10.3. The Bertz CT molecular complexity index is 345. The number of hydrogen-bond acceptors (Lipinski definition) is 3. The quantitative estimate of drug-likeness (QED) is 0.487. The lowest BCUT2D eigenvalue weighted by Crippen LogP contribution is -2.19. The van der Waals surface area contributed by atoms with E-state index in [0.717, 1.165) is 5.56 Å². The number of aromatic nitrogens is 1. The molecular formula is C8H8N2OS2. The van der Waals surface area contributed by atoms with Crippen LogP contribution < -0.4 is 5.32 Å². The Balaban J connectivity index is 2.22. The molecule has 68 valence electrons. The summed E-state index contributed by atoms with van der Waals surface area (Å²) in [4.78, 5) is 14.9. The van der Waals surface area contributed by atoms with Gasteiger partial charge in [-0.1, -0.05) is 11.8 Å². The Labute approximate surface area is 85.4 Å². The first-order chi connectivity index (χ1) is 6.25. The van der Waals surface area contributed by atoms with Gasteiger partial charge in [0.25, 0.3) is 5.91 Å². The van der Waals surface area contributed by atoms with Crippen LogP contribution in [0.4, 0.5) is 0 Å². The molecule has 5 heteroatoms. The molecule has 2 N–H and O–H groups in total. The Kier molecular flexibility index (Phi) is 2.37. The normalized spacial score (nSPS) is 25.2. The van der Waals surface area contributed by atoms with Gasteiger partial charge in [-0.3, -0.25) is 4.79 Å². The van der Waals surface area contributed by atoms with Crippen molar-refractivity contribution >= 4 is 36.4 Å². The number of aromatic amines is 1. The minimum Gasteiger partial charge on any atom is -0.367 e. The molecule has 0 aromatic carbocycles. The first-order valence-corrected chi connectivity index (χ1v) is 5.15. The average molecular weight is 212 g/mol. The van der Waals surface area contributed by atoms with Crippen LogP contribution in [0.3, 0.4) is 0 Å². The van der Waals surface area contributed by atoms with E-state index >= 15 is 0 Å². The molecule has 1 saturated heterocycles.